The van der Waals surface area contributed by atoms with Crippen molar-refractivity contribution in [2.45, 2.75) is 19.4 Å². The van der Waals surface area contributed by atoms with Crippen molar-refractivity contribution in [3.63, 3.8) is 0 Å². The van der Waals surface area contributed by atoms with Crippen LogP contribution in [0.1, 0.15) is 24.9 Å². The molecule has 1 unspecified atom stereocenters. The first-order valence-electron chi connectivity index (χ1n) is 10.6. The zero-order chi connectivity index (χ0) is 22.5. The van der Waals surface area contributed by atoms with E-state index in [0.29, 0.717) is 17.8 Å². The normalized spacial score (nSPS) is 14.6. The second-order valence-corrected chi connectivity index (χ2v) is 8.16. The number of aromatic amines is 1. The zero-order valence-electron chi connectivity index (χ0n) is 17.8. The summed E-state index contributed by atoms with van der Waals surface area (Å²) >= 11 is 0. The number of pyridine rings is 1. The molecule has 0 saturated heterocycles. The lowest BCUT2D eigenvalue weighted by atomic mass is 10.0. The quantitative estimate of drug-likeness (QED) is 0.412. The van der Waals surface area contributed by atoms with Crippen LogP contribution >= 0.6 is 0 Å². The molecular weight excluding hydrogens is 417 g/mol. The fourth-order valence-electron chi connectivity index (χ4n) is 4.45. The molecule has 1 aromatic carbocycles. The molecule has 5 heterocycles. The summed E-state index contributed by atoms with van der Waals surface area (Å²) in [7, 11) is 0. The highest BCUT2D eigenvalue weighted by molar-refractivity contribution is 6.04. The average molecular weight is 437 g/mol. The number of hydrogen-bond donors (Lipinski definition) is 2. The molecule has 0 spiro atoms. The lowest BCUT2D eigenvalue weighted by Crippen LogP contribution is -2.10. The number of anilines is 1. The Hall–Kier alpha value is -4.33. The molecule has 4 aromatic heterocycles. The molecule has 5 aromatic rings. The molecule has 1 aliphatic heterocycles. The third-order valence-corrected chi connectivity index (χ3v) is 6.25. The van der Waals surface area contributed by atoms with E-state index in [1.54, 1.807) is 12.1 Å². The molecule has 33 heavy (non-hydrogen) atoms. The maximum absolute atomic E-state index is 14.3. The largest absolute Gasteiger partial charge is 0.383 e. The zero-order valence-corrected chi connectivity index (χ0v) is 17.8. The van der Waals surface area contributed by atoms with E-state index in [-0.39, 0.29) is 11.9 Å². The van der Waals surface area contributed by atoms with Crippen molar-refractivity contribution in [3.05, 3.63) is 84.5 Å². The SMILES string of the molecule is CC(C1=CN=C(c2ccccc2F)C1)n1cc(-c2cnc3[nH]ccc3c2)c2c(N)ncnc21. The Labute approximate surface area is 188 Å². The maximum Gasteiger partial charge on any atom is 0.146 e. The molecule has 1 atom stereocenters. The molecule has 0 amide bonds. The number of fused-ring (bicyclic) bond motifs is 2. The van der Waals surface area contributed by atoms with Crippen molar-refractivity contribution < 1.29 is 4.39 Å². The van der Waals surface area contributed by atoms with Crippen LogP contribution in [0.2, 0.25) is 0 Å². The first-order valence-corrected chi connectivity index (χ1v) is 10.6. The number of nitrogens with zero attached hydrogens (tertiary/aromatic N) is 5. The van der Waals surface area contributed by atoms with Gasteiger partial charge in [0.25, 0.3) is 0 Å². The van der Waals surface area contributed by atoms with Gasteiger partial charge in [0, 0.05) is 53.3 Å². The molecule has 162 valence electrons. The molecule has 6 rings (SSSR count). The second-order valence-electron chi connectivity index (χ2n) is 8.16. The summed E-state index contributed by atoms with van der Waals surface area (Å²) < 4.78 is 16.4. The van der Waals surface area contributed by atoms with Gasteiger partial charge < -0.3 is 15.3 Å². The van der Waals surface area contributed by atoms with Crippen LogP contribution in [-0.2, 0) is 0 Å². The van der Waals surface area contributed by atoms with Crippen LogP contribution in [0.25, 0.3) is 33.2 Å². The third kappa shape index (κ3) is 3.10. The van der Waals surface area contributed by atoms with E-state index in [2.05, 4.69) is 42.5 Å². The monoisotopic (exact) mass is 437 g/mol. The summed E-state index contributed by atoms with van der Waals surface area (Å²) in [6.45, 7) is 2.08. The minimum atomic E-state index is -0.264. The number of allylic oxidation sites excluding steroid dienone is 1. The number of H-pyrrole nitrogens is 1. The van der Waals surface area contributed by atoms with Gasteiger partial charge in [0.1, 0.15) is 29.3 Å². The molecule has 8 heteroatoms. The highest BCUT2D eigenvalue weighted by Gasteiger charge is 2.24. The molecule has 3 N–H and O–H groups in total. The first kappa shape index (κ1) is 19.4. The number of halogens is 1. The van der Waals surface area contributed by atoms with E-state index in [0.717, 1.165) is 44.5 Å². The predicted octanol–water partition coefficient (Wildman–Crippen LogP) is 5.03. The van der Waals surface area contributed by atoms with Gasteiger partial charge in [-0.2, -0.15) is 0 Å². The highest BCUT2D eigenvalue weighted by atomic mass is 19.1. The molecule has 0 radical (unpaired) electrons. The predicted molar refractivity (Wildman–Crippen MR) is 127 cm³/mol. The number of aliphatic imine (C=N–C) groups is 1. The molecular formula is C25H20FN7. The molecule has 0 aliphatic carbocycles. The molecule has 0 fully saturated rings. The number of nitrogens with one attached hydrogen (secondary N) is 1. The first-order chi connectivity index (χ1) is 16.1. The summed E-state index contributed by atoms with van der Waals surface area (Å²) in [6, 6.07) is 10.7. The van der Waals surface area contributed by atoms with E-state index in [9.17, 15) is 4.39 Å². The molecule has 0 bridgehead atoms. The Bertz CT molecular complexity index is 1590. The van der Waals surface area contributed by atoms with Crippen LogP contribution in [0.4, 0.5) is 10.2 Å². The van der Waals surface area contributed by atoms with Crippen LogP contribution < -0.4 is 5.73 Å². The van der Waals surface area contributed by atoms with E-state index < -0.39 is 0 Å². The van der Waals surface area contributed by atoms with Crippen molar-refractivity contribution in [2.24, 2.45) is 4.99 Å². The van der Waals surface area contributed by atoms with Gasteiger partial charge in [-0.25, -0.2) is 19.3 Å². The smallest absolute Gasteiger partial charge is 0.146 e. The Balaban J connectivity index is 1.41. The lowest BCUT2D eigenvalue weighted by Gasteiger charge is -2.16. The van der Waals surface area contributed by atoms with Crippen molar-refractivity contribution in [1.82, 2.24) is 24.5 Å². The fraction of sp³-hybridized carbons (Fsp3) is 0.120. The second kappa shape index (κ2) is 7.37. The summed E-state index contributed by atoms with van der Waals surface area (Å²) in [5.41, 5.74) is 12.0. The van der Waals surface area contributed by atoms with Crippen molar-refractivity contribution in [2.75, 3.05) is 5.73 Å². The van der Waals surface area contributed by atoms with Gasteiger partial charge in [0.05, 0.1) is 17.1 Å². The van der Waals surface area contributed by atoms with E-state index in [4.69, 9.17) is 5.73 Å². The minimum Gasteiger partial charge on any atom is -0.383 e. The Morgan fingerprint density at radius 3 is 2.88 bits per heavy atom. The molecule has 1 aliphatic rings. The summed E-state index contributed by atoms with van der Waals surface area (Å²) in [5, 5.41) is 1.80. The van der Waals surface area contributed by atoms with Crippen molar-refractivity contribution in [1.29, 1.82) is 0 Å². The van der Waals surface area contributed by atoms with Crippen molar-refractivity contribution >= 4 is 33.6 Å². The molecule has 7 nitrogen and oxygen atoms in total. The van der Waals surface area contributed by atoms with Gasteiger partial charge in [-0.05, 0) is 30.7 Å². The Morgan fingerprint density at radius 2 is 2.00 bits per heavy atom. The molecule has 0 saturated carbocycles. The number of nitrogen functional groups attached to an aromatic ring is 1. The fourth-order valence-corrected chi connectivity index (χ4v) is 4.45. The van der Waals surface area contributed by atoms with E-state index in [1.807, 2.05) is 36.9 Å². The van der Waals surface area contributed by atoms with Gasteiger partial charge in [-0.3, -0.25) is 4.99 Å². The van der Waals surface area contributed by atoms with Crippen LogP contribution in [0.15, 0.2) is 78.1 Å². The third-order valence-electron chi connectivity index (χ3n) is 6.25. The van der Waals surface area contributed by atoms with E-state index in [1.165, 1.54) is 12.4 Å². The van der Waals surface area contributed by atoms with Crippen LogP contribution in [0.5, 0.6) is 0 Å². The Morgan fingerprint density at radius 1 is 1.12 bits per heavy atom. The van der Waals surface area contributed by atoms with Crippen molar-refractivity contribution in [3.8, 4) is 11.1 Å². The van der Waals surface area contributed by atoms with Crippen LogP contribution in [0, 0.1) is 5.82 Å². The number of rotatable bonds is 4. The van der Waals surface area contributed by atoms with Crippen LogP contribution in [-0.4, -0.2) is 30.2 Å². The number of hydrogen-bond acceptors (Lipinski definition) is 5. The van der Waals surface area contributed by atoms with E-state index >= 15 is 0 Å². The lowest BCUT2D eigenvalue weighted by molar-refractivity contribution is 0.623. The topological polar surface area (TPSA) is 97.8 Å². The van der Waals surface area contributed by atoms with Gasteiger partial charge >= 0.3 is 0 Å². The highest BCUT2D eigenvalue weighted by Crippen LogP contribution is 2.37. The van der Waals surface area contributed by atoms with Gasteiger partial charge in [0.15, 0.2) is 0 Å². The Kier molecular flexibility index (Phi) is 4.33. The number of nitrogens with two attached hydrogens (primary N) is 1. The summed E-state index contributed by atoms with van der Waals surface area (Å²) in [5.74, 6) is 0.152. The van der Waals surface area contributed by atoms with Gasteiger partial charge in [-0.1, -0.05) is 18.2 Å². The minimum absolute atomic E-state index is 0.0625. The standard InChI is InChI=1S/C25H20FN7/c1-14(16-9-21(29-10-16)18-4-2-3-5-20(18)26)33-12-19(22-23(27)31-13-32-25(22)33)17-8-15-6-7-28-24(15)30-11-17/h2-8,10-14H,9H2,1H3,(H,28,30)(H2,27,31,32). The average Bonchev–Trinajstić information content (AvgIpc) is 3.57. The number of aromatic nitrogens is 5. The summed E-state index contributed by atoms with van der Waals surface area (Å²) in [4.78, 5) is 20.9. The maximum atomic E-state index is 14.3. The number of benzene rings is 1. The van der Waals surface area contributed by atoms with Crippen LogP contribution in [0.3, 0.4) is 0 Å². The van der Waals surface area contributed by atoms with Gasteiger partial charge in [0.2, 0.25) is 0 Å². The summed E-state index contributed by atoms with van der Waals surface area (Å²) in [6.07, 6.45) is 9.60. The van der Waals surface area contributed by atoms with Gasteiger partial charge in [-0.15, -0.1) is 0 Å².